The van der Waals surface area contributed by atoms with Crippen molar-refractivity contribution in [3.8, 4) is 0 Å². The Labute approximate surface area is 74.9 Å². The molecule has 0 heterocycles. The van der Waals surface area contributed by atoms with Gasteiger partial charge < -0.3 is 10.6 Å². The monoisotopic (exact) mass is 172 g/mol. The number of hydrogen-bond donors (Lipinski definition) is 1. The summed E-state index contributed by atoms with van der Waals surface area (Å²) in [6, 6.07) is -0.284. The van der Waals surface area contributed by atoms with Crippen molar-refractivity contribution in [3.05, 3.63) is 0 Å². The lowest BCUT2D eigenvalue weighted by molar-refractivity contribution is 0.206. The van der Waals surface area contributed by atoms with Crippen LogP contribution in [0.25, 0.3) is 0 Å². The van der Waals surface area contributed by atoms with Gasteiger partial charge in [0.25, 0.3) is 0 Å². The first kappa shape index (κ1) is 11.3. The van der Waals surface area contributed by atoms with E-state index in [0.717, 1.165) is 25.9 Å². The summed E-state index contributed by atoms with van der Waals surface area (Å²) in [6.07, 6.45) is 4.40. The maximum atomic E-state index is 10.8. The molecule has 0 rings (SSSR count). The molecule has 0 aliphatic rings. The van der Waals surface area contributed by atoms with E-state index in [9.17, 15) is 4.79 Å². The van der Waals surface area contributed by atoms with Gasteiger partial charge in [0, 0.05) is 13.1 Å². The van der Waals surface area contributed by atoms with E-state index in [1.807, 2.05) is 0 Å². The number of carbonyl (C=O) groups is 1. The first-order valence-electron chi connectivity index (χ1n) is 4.76. The summed E-state index contributed by atoms with van der Waals surface area (Å²) in [5, 5.41) is 0. The van der Waals surface area contributed by atoms with E-state index in [1.54, 1.807) is 4.90 Å². The lowest BCUT2D eigenvalue weighted by Crippen LogP contribution is -2.36. The predicted octanol–water partition coefficient (Wildman–Crippen LogP) is 1.97. The predicted molar refractivity (Wildman–Crippen MR) is 51.0 cm³/mol. The maximum absolute atomic E-state index is 10.8. The van der Waals surface area contributed by atoms with E-state index in [0.29, 0.717) is 0 Å². The van der Waals surface area contributed by atoms with Crippen molar-refractivity contribution in [2.75, 3.05) is 13.1 Å². The van der Waals surface area contributed by atoms with Gasteiger partial charge in [-0.05, 0) is 12.8 Å². The van der Waals surface area contributed by atoms with Crippen molar-refractivity contribution >= 4 is 6.03 Å². The minimum absolute atomic E-state index is 0.284. The van der Waals surface area contributed by atoms with E-state index in [1.165, 1.54) is 12.8 Å². The molecule has 0 saturated heterocycles. The smallest absolute Gasteiger partial charge is 0.314 e. The summed E-state index contributed by atoms with van der Waals surface area (Å²) in [7, 11) is 0. The molecule has 0 atom stereocenters. The lowest BCUT2D eigenvalue weighted by Gasteiger charge is -2.18. The van der Waals surface area contributed by atoms with E-state index in [4.69, 9.17) is 5.73 Å². The molecule has 0 saturated carbocycles. The van der Waals surface area contributed by atoms with Crippen LogP contribution in [0.15, 0.2) is 0 Å². The van der Waals surface area contributed by atoms with Crippen LogP contribution >= 0.6 is 0 Å². The highest BCUT2D eigenvalue weighted by Crippen LogP contribution is 1.98. The zero-order valence-electron chi connectivity index (χ0n) is 8.18. The van der Waals surface area contributed by atoms with Crippen LogP contribution in [-0.2, 0) is 0 Å². The average molecular weight is 172 g/mol. The molecule has 72 valence electrons. The van der Waals surface area contributed by atoms with Gasteiger partial charge in [-0.25, -0.2) is 4.79 Å². The Morgan fingerprint density at radius 1 is 1.17 bits per heavy atom. The Morgan fingerprint density at radius 3 is 2.25 bits per heavy atom. The zero-order chi connectivity index (χ0) is 9.40. The van der Waals surface area contributed by atoms with Crippen molar-refractivity contribution in [3.63, 3.8) is 0 Å². The molecule has 0 bridgehead atoms. The third-order valence-corrected chi connectivity index (χ3v) is 1.84. The molecule has 0 aromatic carbocycles. The average Bonchev–Trinajstić information content (AvgIpc) is 2.03. The zero-order valence-corrected chi connectivity index (χ0v) is 8.18. The SMILES string of the molecule is CCCCCN(CCC)C(N)=O. The van der Waals surface area contributed by atoms with Crippen LogP contribution in [0.5, 0.6) is 0 Å². The second-order valence-corrected chi connectivity index (χ2v) is 3.03. The fraction of sp³-hybridized carbons (Fsp3) is 0.889. The maximum Gasteiger partial charge on any atom is 0.314 e. The third-order valence-electron chi connectivity index (χ3n) is 1.84. The minimum Gasteiger partial charge on any atom is -0.351 e. The van der Waals surface area contributed by atoms with Crippen LogP contribution < -0.4 is 5.73 Å². The van der Waals surface area contributed by atoms with E-state index in [-0.39, 0.29) is 6.03 Å². The normalized spacial score (nSPS) is 9.83. The Kier molecular flexibility index (Phi) is 6.53. The highest BCUT2D eigenvalue weighted by atomic mass is 16.2. The molecule has 2 amide bonds. The fourth-order valence-corrected chi connectivity index (χ4v) is 1.15. The molecular formula is C9H20N2O. The molecule has 3 nitrogen and oxygen atoms in total. The highest BCUT2D eigenvalue weighted by Gasteiger charge is 2.06. The van der Waals surface area contributed by atoms with Gasteiger partial charge in [-0.1, -0.05) is 26.7 Å². The first-order valence-corrected chi connectivity index (χ1v) is 4.76. The van der Waals surface area contributed by atoms with Crippen LogP contribution in [0.3, 0.4) is 0 Å². The number of urea groups is 1. The number of primary amides is 1. The van der Waals surface area contributed by atoms with E-state index in [2.05, 4.69) is 13.8 Å². The molecule has 12 heavy (non-hydrogen) atoms. The minimum atomic E-state index is -0.284. The molecule has 0 aromatic rings. The van der Waals surface area contributed by atoms with Crippen molar-refractivity contribution in [2.45, 2.75) is 39.5 Å². The van der Waals surface area contributed by atoms with Gasteiger partial charge in [0.1, 0.15) is 0 Å². The second-order valence-electron chi connectivity index (χ2n) is 3.03. The first-order chi connectivity index (χ1) is 5.72. The van der Waals surface area contributed by atoms with Gasteiger partial charge in [0.2, 0.25) is 0 Å². The highest BCUT2D eigenvalue weighted by molar-refractivity contribution is 5.71. The lowest BCUT2D eigenvalue weighted by atomic mass is 10.2. The van der Waals surface area contributed by atoms with Crippen molar-refractivity contribution < 1.29 is 4.79 Å². The van der Waals surface area contributed by atoms with Crippen LogP contribution in [0, 0.1) is 0 Å². The number of carbonyl (C=O) groups excluding carboxylic acids is 1. The molecule has 2 N–H and O–H groups in total. The summed E-state index contributed by atoms with van der Waals surface area (Å²) < 4.78 is 0. The fourth-order valence-electron chi connectivity index (χ4n) is 1.15. The molecule has 0 spiro atoms. The van der Waals surface area contributed by atoms with Gasteiger partial charge in [-0.3, -0.25) is 0 Å². The van der Waals surface area contributed by atoms with Crippen molar-refractivity contribution in [2.24, 2.45) is 5.73 Å². The number of nitrogens with zero attached hydrogens (tertiary/aromatic N) is 1. The van der Waals surface area contributed by atoms with Crippen molar-refractivity contribution in [1.82, 2.24) is 4.90 Å². The van der Waals surface area contributed by atoms with Crippen LogP contribution in [0.4, 0.5) is 4.79 Å². The van der Waals surface area contributed by atoms with Crippen molar-refractivity contribution in [1.29, 1.82) is 0 Å². The molecule has 0 fully saturated rings. The van der Waals surface area contributed by atoms with Gasteiger partial charge in [0.05, 0.1) is 0 Å². The molecular weight excluding hydrogens is 152 g/mol. The van der Waals surface area contributed by atoms with Gasteiger partial charge in [-0.2, -0.15) is 0 Å². The molecule has 0 aliphatic heterocycles. The van der Waals surface area contributed by atoms with Gasteiger partial charge in [-0.15, -0.1) is 0 Å². The number of nitrogens with two attached hydrogens (primary N) is 1. The quantitative estimate of drug-likeness (QED) is 0.612. The summed E-state index contributed by atoms with van der Waals surface area (Å²) in [5.41, 5.74) is 5.19. The Hall–Kier alpha value is -0.730. The summed E-state index contributed by atoms with van der Waals surface area (Å²) >= 11 is 0. The second kappa shape index (κ2) is 6.95. The molecule has 0 unspecified atom stereocenters. The largest absolute Gasteiger partial charge is 0.351 e. The van der Waals surface area contributed by atoms with Gasteiger partial charge >= 0.3 is 6.03 Å². The Balaban J connectivity index is 3.56. The summed E-state index contributed by atoms with van der Waals surface area (Å²) in [4.78, 5) is 12.5. The van der Waals surface area contributed by atoms with Crippen LogP contribution in [0.2, 0.25) is 0 Å². The Bertz CT molecular complexity index is 126. The standard InChI is InChI=1S/C9H20N2O/c1-3-5-6-8-11(7-4-2)9(10)12/h3-8H2,1-2H3,(H2,10,12). The molecule has 0 aromatic heterocycles. The van der Waals surface area contributed by atoms with Crippen LogP contribution in [-0.4, -0.2) is 24.0 Å². The van der Waals surface area contributed by atoms with Gasteiger partial charge in [0.15, 0.2) is 0 Å². The number of rotatable bonds is 6. The van der Waals surface area contributed by atoms with Crippen LogP contribution in [0.1, 0.15) is 39.5 Å². The number of amides is 2. The number of unbranched alkanes of at least 4 members (excludes halogenated alkanes) is 2. The number of hydrogen-bond acceptors (Lipinski definition) is 1. The molecule has 3 heteroatoms. The molecule has 0 aliphatic carbocycles. The summed E-state index contributed by atoms with van der Waals surface area (Å²) in [6.45, 7) is 5.81. The molecule has 0 radical (unpaired) electrons. The summed E-state index contributed by atoms with van der Waals surface area (Å²) in [5.74, 6) is 0. The third kappa shape index (κ3) is 4.99. The topological polar surface area (TPSA) is 46.3 Å². The Morgan fingerprint density at radius 2 is 1.83 bits per heavy atom. The van der Waals surface area contributed by atoms with E-state index >= 15 is 0 Å². The van der Waals surface area contributed by atoms with E-state index < -0.39 is 0 Å².